The largest absolute Gasteiger partial charge is 0.391 e. The number of amides is 1. The fourth-order valence-corrected chi connectivity index (χ4v) is 2.21. The Morgan fingerprint density at radius 1 is 1.39 bits per heavy atom. The molecular weight excluding hydrogens is 245 g/mol. The Bertz CT molecular complexity index is 273. The van der Waals surface area contributed by atoms with Crippen LogP contribution in [-0.4, -0.2) is 36.1 Å². The normalized spacial score (nSPS) is 19.9. The summed E-state index contributed by atoms with van der Waals surface area (Å²) in [6.07, 6.45) is -1.72. The van der Waals surface area contributed by atoms with Crippen molar-refractivity contribution in [3.8, 4) is 0 Å². The lowest BCUT2D eigenvalue weighted by atomic mass is 9.95. The van der Waals surface area contributed by atoms with Gasteiger partial charge in [0.05, 0.1) is 12.0 Å². The van der Waals surface area contributed by atoms with Gasteiger partial charge < -0.3 is 10.6 Å². The van der Waals surface area contributed by atoms with E-state index >= 15 is 0 Å². The molecule has 1 heterocycles. The number of rotatable bonds is 4. The molecule has 1 aliphatic rings. The highest BCUT2D eigenvalue weighted by molar-refractivity contribution is 5.81. The number of alkyl halides is 3. The van der Waals surface area contributed by atoms with Gasteiger partial charge in [-0.2, -0.15) is 13.2 Å². The van der Waals surface area contributed by atoms with Gasteiger partial charge in [0, 0.05) is 13.1 Å². The Morgan fingerprint density at radius 2 is 1.94 bits per heavy atom. The van der Waals surface area contributed by atoms with Crippen LogP contribution in [0.5, 0.6) is 0 Å². The first kappa shape index (κ1) is 15.3. The second kappa shape index (κ2) is 6.41. The monoisotopic (exact) mass is 266 g/mol. The number of nitrogens with two attached hydrogens (primary N) is 1. The van der Waals surface area contributed by atoms with Gasteiger partial charge in [-0.15, -0.1) is 0 Å². The summed E-state index contributed by atoms with van der Waals surface area (Å²) < 4.78 is 37.4. The van der Waals surface area contributed by atoms with Crippen LogP contribution in [0.25, 0.3) is 0 Å². The third-order valence-corrected chi connectivity index (χ3v) is 3.46. The second-order valence-electron chi connectivity index (χ2n) is 4.89. The molecule has 1 atom stereocenters. The molecule has 1 aliphatic heterocycles. The maximum Gasteiger partial charge on any atom is 0.391 e. The average Bonchev–Trinajstić information content (AvgIpc) is 2.34. The maximum absolute atomic E-state index is 12.5. The molecule has 2 N–H and O–H groups in total. The van der Waals surface area contributed by atoms with Crippen LogP contribution in [0, 0.1) is 5.92 Å². The predicted molar refractivity (Wildman–Crippen MR) is 62.9 cm³/mol. The summed E-state index contributed by atoms with van der Waals surface area (Å²) in [6, 6.07) is -0.563. The Hall–Kier alpha value is -0.780. The lowest BCUT2D eigenvalue weighted by Gasteiger charge is -2.34. The summed E-state index contributed by atoms with van der Waals surface area (Å²) in [5.41, 5.74) is 5.74. The van der Waals surface area contributed by atoms with Crippen molar-refractivity contribution in [1.29, 1.82) is 0 Å². The lowest BCUT2D eigenvalue weighted by Crippen LogP contribution is -2.48. The van der Waals surface area contributed by atoms with E-state index < -0.39 is 18.1 Å². The highest BCUT2D eigenvalue weighted by Crippen LogP contribution is 2.34. The van der Waals surface area contributed by atoms with Crippen molar-refractivity contribution in [2.24, 2.45) is 11.7 Å². The van der Waals surface area contributed by atoms with Gasteiger partial charge in [0.25, 0.3) is 0 Å². The van der Waals surface area contributed by atoms with E-state index in [0.717, 1.165) is 12.8 Å². The molecule has 1 rings (SSSR count). The van der Waals surface area contributed by atoms with Crippen LogP contribution in [0.3, 0.4) is 0 Å². The van der Waals surface area contributed by atoms with Crippen LogP contribution in [0.1, 0.15) is 39.0 Å². The number of hydrogen-bond donors (Lipinski definition) is 1. The smallest absolute Gasteiger partial charge is 0.341 e. The van der Waals surface area contributed by atoms with Crippen molar-refractivity contribution >= 4 is 5.91 Å². The molecule has 6 heteroatoms. The number of nitrogens with zero attached hydrogens (tertiary/aromatic N) is 1. The molecule has 106 valence electrons. The fourth-order valence-electron chi connectivity index (χ4n) is 2.21. The minimum Gasteiger partial charge on any atom is -0.341 e. The van der Waals surface area contributed by atoms with Crippen molar-refractivity contribution in [2.45, 2.75) is 51.2 Å². The van der Waals surface area contributed by atoms with Gasteiger partial charge in [0.15, 0.2) is 0 Å². The molecule has 0 spiro atoms. The molecule has 0 aromatic rings. The quantitative estimate of drug-likeness (QED) is 0.848. The van der Waals surface area contributed by atoms with E-state index in [1.165, 1.54) is 4.90 Å². The molecule has 3 nitrogen and oxygen atoms in total. The van der Waals surface area contributed by atoms with Gasteiger partial charge in [0.1, 0.15) is 0 Å². The van der Waals surface area contributed by atoms with Crippen LogP contribution >= 0.6 is 0 Å². The molecule has 18 heavy (non-hydrogen) atoms. The van der Waals surface area contributed by atoms with Crippen molar-refractivity contribution in [2.75, 3.05) is 13.1 Å². The topological polar surface area (TPSA) is 46.3 Å². The highest BCUT2D eigenvalue weighted by atomic mass is 19.4. The highest BCUT2D eigenvalue weighted by Gasteiger charge is 2.41. The van der Waals surface area contributed by atoms with Gasteiger partial charge in [-0.25, -0.2) is 0 Å². The minimum atomic E-state index is -4.14. The molecule has 1 fully saturated rings. The van der Waals surface area contributed by atoms with Crippen LogP contribution in [0.4, 0.5) is 13.2 Å². The summed E-state index contributed by atoms with van der Waals surface area (Å²) in [5.74, 6) is -1.47. The number of carbonyl (C=O) groups excluding carboxylic acids is 1. The van der Waals surface area contributed by atoms with Crippen LogP contribution in [-0.2, 0) is 4.79 Å². The van der Waals surface area contributed by atoms with Gasteiger partial charge in [-0.05, 0) is 19.3 Å². The standard InChI is InChI=1S/C12H21F3N2O/c1-2-3-4-10(16)11(18)17-7-5-9(6-8-17)12(13,14)15/h9-10H,2-8,16H2,1H3. The Labute approximate surface area is 106 Å². The molecule has 0 bridgehead atoms. The number of unbranched alkanes of at least 4 members (excludes halogenated alkanes) is 1. The van der Waals surface area contributed by atoms with Crippen molar-refractivity contribution in [3.63, 3.8) is 0 Å². The van der Waals surface area contributed by atoms with Crippen molar-refractivity contribution in [3.05, 3.63) is 0 Å². The van der Waals surface area contributed by atoms with E-state index in [2.05, 4.69) is 0 Å². The van der Waals surface area contributed by atoms with E-state index in [-0.39, 0.29) is 31.8 Å². The second-order valence-corrected chi connectivity index (χ2v) is 4.89. The summed E-state index contributed by atoms with van der Waals surface area (Å²) in [5, 5.41) is 0. The SMILES string of the molecule is CCCCC(N)C(=O)N1CCC(C(F)(F)F)CC1. The number of likely N-dealkylation sites (tertiary alicyclic amines) is 1. The summed E-state index contributed by atoms with van der Waals surface area (Å²) in [6.45, 7) is 2.34. The Morgan fingerprint density at radius 3 is 2.39 bits per heavy atom. The van der Waals surface area contributed by atoms with E-state index in [9.17, 15) is 18.0 Å². The first-order valence-electron chi connectivity index (χ1n) is 6.47. The zero-order valence-corrected chi connectivity index (χ0v) is 10.7. The van der Waals surface area contributed by atoms with Crippen LogP contribution < -0.4 is 5.73 Å². The Balaban J connectivity index is 2.40. The zero-order chi connectivity index (χ0) is 13.8. The van der Waals surface area contributed by atoms with Crippen LogP contribution in [0.2, 0.25) is 0 Å². The summed E-state index contributed by atoms with van der Waals surface area (Å²) in [7, 11) is 0. The van der Waals surface area contributed by atoms with Crippen molar-refractivity contribution in [1.82, 2.24) is 4.90 Å². The van der Waals surface area contributed by atoms with Gasteiger partial charge in [-0.3, -0.25) is 4.79 Å². The fraction of sp³-hybridized carbons (Fsp3) is 0.917. The third kappa shape index (κ3) is 4.15. The van der Waals surface area contributed by atoms with Crippen molar-refractivity contribution < 1.29 is 18.0 Å². The number of piperidine rings is 1. The first-order valence-corrected chi connectivity index (χ1v) is 6.47. The van der Waals surface area contributed by atoms with Gasteiger partial charge in [0.2, 0.25) is 5.91 Å². The molecule has 1 saturated heterocycles. The first-order chi connectivity index (χ1) is 8.36. The average molecular weight is 266 g/mol. The van der Waals surface area contributed by atoms with Gasteiger partial charge in [-0.1, -0.05) is 19.8 Å². The molecule has 1 unspecified atom stereocenters. The zero-order valence-electron chi connectivity index (χ0n) is 10.7. The van der Waals surface area contributed by atoms with E-state index in [0.29, 0.717) is 6.42 Å². The van der Waals surface area contributed by atoms with E-state index in [4.69, 9.17) is 5.73 Å². The van der Waals surface area contributed by atoms with Crippen LogP contribution in [0.15, 0.2) is 0 Å². The molecule has 0 saturated carbocycles. The summed E-state index contributed by atoms with van der Waals surface area (Å²) in [4.78, 5) is 13.4. The maximum atomic E-state index is 12.5. The summed E-state index contributed by atoms with van der Waals surface area (Å²) >= 11 is 0. The molecule has 0 aliphatic carbocycles. The molecule has 0 aromatic carbocycles. The van der Waals surface area contributed by atoms with E-state index in [1.54, 1.807) is 0 Å². The molecular formula is C12H21F3N2O. The van der Waals surface area contributed by atoms with E-state index in [1.807, 2.05) is 6.92 Å². The third-order valence-electron chi connectivity index (χ3n) is 3.46. The number of halogens is 3. The predicted octanol–water partition coefficient (Wildman–Crippen LogP) is 2.30. The minimum absolute atomic E-state index is 0.00423. The molecule has 1 amide bonds. The lowest BCUT2D eigenvalue weighted by molar-refractivity contribution is -0.186. The molecule has 0 radical (unpaired) electrons. The number of hydrogen-bond acceptors (Lipinski definition) is 2. The van der Waals surface area contributed by atoms with Gasteiger partial charge >= 0.3 is 6.18 Å². The molecule has 0 aromatic heterocycles. The number of carbonyl (C=O) groups is 1. The Kier molecular flexibility index (Phi) is 5.44.